The maximum absolute atomic E-state index is 13.8. The van der Waals surface area contributed by atoms with E-state index in [0.29, 0.717) is 23.2 Å². The summed E-state index contributed by atoms with van der Waals surface area (Å²) >= 11 is 4.52. The normalized spacial score (nSPS) is 14.8. The van der Waals surface area contributed by atoms with E-state index in [4.69, 9.17) is 29.9 Å². The van der Waals surface area contributed by atoms with Crippen LogP contribution >= 0.6 is 37.0 Å². The fourth-order valence-corrected chi connectivity index (χ4v) is 10.2. The summed E-state index contributed by atoms with van der Waals surface area (Å²) in [6.07, 6.45) is 16.0. The molecule has 356 valence electrons. The van der Waals surface area contributed by atoms with Crippen molar-refractivity contribution in [1.82, 2.24) is 0 Å². The van der Waals surface area contributed by atoms with Crippen molar-refractivity contribution in [3.05, 3.63) is 96.3 Å². The lowest BCUT2D eigenvalue weighted by molar-refractivity contribution is -0.697. The number of hydrogen-bond donors (Lipinski definition) is 3. The number of aliphatic hydroxyl groups is 2. The summed E-state index contributed by atoms with van der Waals surface area (Å²) in [5.41, 5.74) is -0.470. The Kier molecular flexibility index (Phi) is 24.7. The van der Waals surface area contributed by atoms with E-state index in [-0.39, 0.29) is 67.7 Å². The number of hydrogen-bond acceptors (Lipinski definition) is 11. The lowest BCUT2D eigenvalue weighted by Crippen LogP contribution is -2.45. The molecule has 4 atom stereocenters. The summed E-state index contributed by atoms with van der Waals surface area (Å²) in [6, 6.07) is 22.8. The van der Waals surface area contributed by atoms with Gasteiger partial charge in [0.1, 0.15) is 29.7 Å². The number of unbranched alkanes of at least 4 members (excludes halogenated alkanes) is 9. The van der Waals surface area contributed by atoms with Gasteiger partial charge in [0.2, 0.25) is 0 Å². The van der Waals surface area contributed by atoms with Crippen molar-refractivity contribution >= 4 is 55.0 Å². The molecular formula is C50H74BrNO10PS+. The minimum atomic E-state index is -1.31. The number of aryl methyl sites for hydroxylation is 1. The van der Waals surface area contributed by atoms with Crippen molar-refractivity contribution < 1.29 is 52.8 Å². The number of carbonyl (C=O) groups excluding carboxylic acids is 3. The largest absolute Gasteiger partial charge is 0.493 e. The van der Waals surface area contributed by atoms with Gasteiger partial charge in [-0.05, 0) is 76.6 Å². The lowest BCUT2D eigenvalue weighted by atomic mass is 9.69. The van der Waals surface area contributed by atoms with Crippen LogP contribution in [0.5, 0.6) is 5.75 Å². The minimum Gasteiger partial charge on any atom is -0.493 e. The number of thiol groups is 1. The van der Waals surface area contributed by atoms with Crippen molar-refractivity contribution in [2.75, 3.05) is 51.7 Å². The number of esters is 3. The molecule has 0 amide bonds. The molecule has 4 unspecified atom stereocenters. The van der Waals surface area contributed by atoms with Crippen LogP contribution in [-0.4, -0.2) is 85.3 Å². The number of ether oxygens (including phenoxy) is 5. The third kappa shape index (κ3) is 19.8. The molecule has 64 heavy (non-hydrogen) atoms. The molecule has 0 fully saturated rings. The van der Waals surface area contributed by atoms with Gasteiger partial charge >= 0.3 is 17.9 Å². The van der Waals surface area contributed by atoms with E-state index in [1.165, 1.54) is 38.5 Å². The number of benzene rings is 2. The molecule has 2 N–H and O–H groups in total. The second-order valence-electron chi connectivity index (χ2n) is 17.5. The molecule has 1 aromatic heterocycles. The Morgan fingerprint density at radius 1 is 0.656 bits per heavy atom. The van der Waals surface area contributed by atoms with Crippen LogP contribution in [0.25, 0.3) is 0 Å². The van der Waals surface area contributed by atoms with Gasteiger partial charge in [-0.2, -0.15) is 12.5 Å². The Morgan fingerprint density at radius 3 is 1.86 bits per heavy atom. The second kappa shape index (κ2) is 29.6. The molecule has 2 aromatic carbocycles. The van der Waals surface area contributed by atoms with Crippen molar-refractivity contribution in [3.63, 3.8) is 0 Å². The van der Waals surface area contributed by atoms with Gasteiger partial charge in [0, 0.05) is 30.5 Å². The molecule has 3 aromatic rings. The van der Waals surface area contributed by atoms with E-state index >= 15 is 0 Å². The van der Waals surface area contributed by atoms with Crippen LogP contribution in [0.3, 0.4) is 0 Å². The zero-order valence-electron chi connectivity index (χ0n) is 39.5. The maximum Gasteiger partial charge on any atom is 0.322 e. The number of alkyl halides is 1. The SMILES string of the molecule is [2H]SCPC(O)(c1ccccc1)c1ccc(OCCCOC(=O)C(C)(C)CC(C)(CC(C)(Br)C(=O)OCCCCCCCCCCCC[n+]2ccccc2)C(=O)OCCOCCO)cc1. The van der Waals surface area contributed by atoms with Crippen LogP contribution in [0.1, 0.15) is 122 Å². The summed E-state index contributed by atoms with van der Waals surface area (Å²) in [6.45, 7) is 8.46. The Morgan fingerprint density at radius 2 is 1.22 bits per heavy atom. The first kappa shape index (κ1) is 53.6. The van der Waals surface area contributed by atoms with E-state index in [1.54, 1.807) is 39.8 Å². The molecule has 1 heterocycles. The van der Waals surface area contributed by atoms with Crippen molar-refractivity contribution in [3.8, 4) is 5.75 Å². The Hall–Kier alpha value is -3.06. The first-order chi connectivity index (χ1) is 31.2. The average molecular weight is 993 g/mol. The highest BCUT2D eigenvalue weighted by molar-refractivity contribution is 9.10. The maximum atomic E-state index is 13.8. The highest BCUT2D eigenvalue weighted by Crippen LogP contribution is 2.46. The number of aliphatic hydroxyl groups excluding tert-OH is 1. The molecular weight excluding hydrogens is 917 g/mol. The Labute approximate surface area is 399 Å². The predicted molar refractivity (Wildman–Crippen MR) is 260 cm³/mol. The van der Waals surface area contributed by atoms with Crippen molar-refractivity contribution in [1.29, 1.82) is 1.12 Å². The van der Waals surface area contributed by atoms with Crippen LogP contribution in [0.15, 0.2) is 85.2 Å². The van der Waals surface area contributed by atoms with Crippen LogP contribution in [0, 0.1) is 10.8 Å². The van der Waals surface area contributed by atoms with E-state index < -0.39 is 38.4 Å². The molecule has 0 radical (unpaired) electrons. The molecule has 0 aliphatic rings. The van der Waals surface area contributed by atoms with Gasteiger partial charge in [-0.15, -0.1) is 0 Å². The van der Waals surface area contributed by atoms with E-state index in [9.17, 15) is 19.5 Å². The van der Waals surface area contributed by atoms with E-state index in [0.717, 1.165) is 50.3 Å². The Balaban J connectivity index is 1.44. The van der Waals surface area contributed by atoms with Gasteiger partial charge in [0.05, 0.1) is 50.5 Å². The van der Waals surface area contributed by atoms with E-state index in [2.05, 4.69) is 45.0 Å². The van der Waals surface area contributed by atoms with Gasteiger partial charge in [0.15, 0.2) is 12.4 Å². The summed E-state index contributed by atoms with van der Waals surface area (Å²) < 4.78 is 36.7. The smallest absolute Gasteiger partial charge is 0.322 e. The first-order valence-corrected chi connectivity index (χ1v) is 25.4. The zero-order valence-corrected chi connectivity index (χ0v) is 41.9. The number of pyridine rings is 1. The summed E-state index contributed by atoms with van der Waals surface area (Å²) in [4.78, 5) is 40.7. The van der Waals surface area contributed by atoms with Gasteiger partial charge in [-0.1, -0.05) is 118 Å². The van der Waals surface area contributed by atoms with Gasteiger partial charge in [0.25, 0.3) is 0 Å². The van der Waals surface area contributed by atoms with E-state index in [1.807, 2.05) is 48.5 Å². The number of aromatic nitrogens is 1. The van der Waals surface area contributed by atoms with Crippen molar-refractivity contribution in [2.24, 2.45) is 10.8 Å². The molecule has 14 heteroatoms. The molecule has 0 bridgehead atoms. The molecule has 0 spiro atoms. The first-order valence-electron chi connectivity index (χ1n) is 23.3. The number of nitrogens with zero attached hydrogens (tertiary/aromatic N) is 1. The second-order valence-corrected chi connectivity index (χ2v) is 21.5. The van der Waals surface area contributed by atoms with Crippen LogP contribution in [0.2, 0.25) is 0 Å². The topological polar surface area (TPSA) is 142 Å². The summed E-state index contributed by atoms with van der Waals surface area (Å²) in [5.74, 6) is -0.981. The highest BCUT2D eigenvalue weighted by Gasteiger charge is 2.49. The standard InChI is InChI=1S/C50H73BrNO10PS/c1-47(2,44(54)60-34-21-33-59-43-26-24-42(25-27-43)50(57,63-40-64)41-22-15-13-16-23-41)38-48(3,45(55)62-37-36-58-35-31-53)39-49(4,51)46(56)61-32-20-12-10-8-6-5-7-9-11-17-28-52-29-18-14-19-30-52/h13-16,18-19,22-27,29-30,53,57,63H,5-12,17,20-21,28,31-40H2,1-4H3/p+1/i/hD. The molecule has 3 rings (SSSR count). The molecule has 0 saturated carbocycles. The molecule has 11 nitrogen and oxygen atoms in total. The van der Waals surface area contributed by atoms with Crippen LogP contribution < -0.4 is 9.30 Å². The fourth-order valence-electron chi connectivity index (χ4n) is 7.86. The summed E-state index contributed by atoms with van der Waals surface area (Å²) in [5, 5.41) is 19.5. The molecule has 0 aliphatic carbocycles. The molecule has 0 saturated heterocycles. The van der Waals surface area contributed by atoms with Gasteiger partial charge in [-0.3, -0.25) is 14.4 Å². The average Bonchev–Trinajstić information content (AvgIpc) is 3.29. The third-order valence-corrected chi connectivity index (χ3v) is 13.4. The molecule has 0 aliphatic heterocycles. The fraction of sp³-hybridized carbons (Fsp3) is 0.600. The van der Waals surface area contributed by atoms with Gasteiger partial charge in [-0.25, -0.2) is 4.57 Å². The minimum absolute atomic E-state index is 0.00399. The third-order valence-electron chi connectivity index (χ3n) is 11.1. The number of carbonyl (C=O) groups is 3. The van der Waals surface area contributed by atoms with Crippen molar-refractivity contribution in [2.45, 2.75) is 127 Å². The summed E-state index contributed by atoms with van der Waals surface area (Å²) in [7, 11) is 0.0871. The monoisotopic (exact) mass is 991 g/mol. The highest BCUT2D eigenvalue weighted by atomic mass is 79.9. The Bertz CT molecular complexity index is 1800. The number of halogens is 1. The van der Waals surface area contributed by atoms with Crippen LogP contribution in [0.4, 0.5) is 0 Å². The zero-order chi connectivity index (χ0) is 47.4. The van der Waals surface area contributed by atoms with Crippen LogP contribution in [-0.2, 0) is 45.2 Å². The lowest BCUT2D eigenvalue weighted by Gasteiger charge is -2.37. The van der Waals surface area contributed by atoms with Gasteiger partial charge < -0.3 is 33.9 Å². The number of rotatable bonds is 35. The predicted octanol–water partition coefficient (Wildman–Crippen LogP) is 9.71. The quantitative estimate of drug-likeness (QED) is 0.00993.